The van der Waals surface area contributed by atoms with Gasteiger partial charge in [0.05, 0.1) is 6.61 Å². The standard InChI is InChI=1S/C10H13BrO2.Na/c1-7-5-9(11)6-8(2)10(7)13-4-3-12;/h5-6,12H,3-4H2,1-2H3;. The molecule has 0 fully saturated rings. The van der Waals surface area contributed by atoms with Gasteiger partial charge in [-0.3, -0.25) is 0 Å². The van der Waals surface area contributed by atoms with Gasteiger partial charge in [-0.1, -0.05) is 15.9 Å². The summed E-state index contributed by atoms with van der Waals surface area (Å²) in [5.74, 6) is 0.872. The Hall–Kier alpha value is 0.460. The fourth-order valence-electron chi connectivity index (χ4n) is 1.27. The van der Waals surface area contributed by atoms with Gasteiger partial charge in [-0.15, -0.1) is 0 Å². The molecular weight excluding hydrogens is 255 g/mol. The number of aliphatic hydroxyl groups is 1. The third-order valence-corrected chi connectivity index (χ3v) is 2.22. The molecule has 1 radical (unpaired) electrons. The number of hydrogen-bond donors (Lipinski definition) is 1. The van der Waals surface area contributed by atoms with Gasteiger partial charge in [0.1, 0.15) is 12.4 Å². The predicted octanol–water partition coefficient (Wildman–Crippen LogP) is 2.06. The van der Waals surface area contributed by atoms with Crippen LogP contribution in [0.1, 0.15) is 11.1 Å². The van der Waals surface area contributed by atoms with Crippen molar-refractivity contribution in [3.8, 4) is 5.75 Å². The molecule has 0 saturated heterocycles. The normalized spacial score (nSPS) is 9.43. The number of benzene rings is 1. The van der Waals surface area contributed by atoms with Gasteiger partial charge in [0.2, 0.25) is 0 Å². The molecule has 1 aromatic carbocycles. The third kappa shape index (κ3) is 3.91. The SMILES string of the molecule is Cc1cc(Br)cc(C)c1OCCO.[Na]. The largest absolute Gasteiger partial charge is 0.491 e. The summed E-state index contributed by atoms with van der Waals surface area (Å²) in [5, 5.41) is 8.63. The second kappa shape index (κ2) is 6.85. The summed E-state index contributed by atoms with van der Waals surface area (Å²) < 4.78 is 6.46. The maximum absolute atomic E-state index is 8.63. The van der Waals surface area contributed by atoms with Gasteiger partial charge >= 0.3 is 0 Å². The molecular formula is C10H13BrNaO2. The molecule has 0 bridgehead atoms. The summed E-state index contributed by atoms with van der Waals surface area (Å²) in [5.41, 5.74) is 2.17. The van der Waals surface area contributed by atoms with Crippen molar-refractivity contribution in [2.24, 2.45) is 0 Å². The van der Waals surface area contributed by atoms with Crippen molar-refractivity contribution in [1.82, 2.24) is 0 Å². The van der Waals surface area contributed by atoms with Crippen LogP contribution in [0.15, 0.2) is 16.6 Å². The van der Waals surface area contributed by atoms with E-state index >= 15 is 0 Å². The Morgan fingerprint density at radius 3 is 2.21 bits per heavy atom. The van der Waals surface area contributed by atoms with Gasteiger partial charge in [0.15, 0.2) is 0 Å². The summed E-state index contributed by atoms with van der Waals surface area (Å²) in [6, 6.07) is 4.00. The van der Waals surface area contributed by atoms with E-state index in [0.29, 0.717) is 6.61 Å². The maximum atomic E-state index is 8.63. The summed E-state index contributed by atoms with van der Waals surface area (Å²) >= 11 is 3.41. The fraction of sp³-hybridized carbons (Fsp3) is 0.400. The molecule has 2 nitrogen and oxygen atoms in total. The van der Waals surface area contributed by atoms with Gasteiger partial charge in [0, 0.05) is 34.0 Å². The van der Waals surface area contributed by atoms with Crippen molar-refractivity contribution in [2.75, 3.05) is 13.2 Å². The molecule has 14 heavy (non-hydrogen) atoms. The molecule has 0 aliphatic heterocycles. The molecule has 4 heteroatoms. The molecule has 0 saturated carbocycles. The average Bonchev–Trinajstić information content (AvgIpc) is 2.02. The Labute approximate surface area is 115 Å². The van der Waals surface area contributed by atoms with Crippen LogP contribution in [0, 0.1) is 13.8 Å². The number of aliphatic hydroxyl groups excluding tert-OH is 1. The smallest absolute Gasteiger partial charge is 0.125 e. The molecule has 1 N–H and O–H groups in total. The second-order valence-corrected chi connectivity index (χ2v) is 3.86. The van der Waals surface area contributed by atoms with Crippen LogP contribution < -0.4 is 4.74 Å². The summed E-state index contributed by atoms with van der Waals surface area (Å²) in [6.07, 6.45) is 0. The molecule has 0 aliphatic rings. The summed E-state index contributed by atoms with van der Waals surface area (Å²) in [4.78, 5) is 0. The Morgan fingerprint density at radius 1 is 1.29 bits per heavy atom. The van der Waals surface area contributed by atoms with Crippen LogP contribution in [0.25, 0.3) is 0 Å². The third-order valence-electron chi connectivity index (χ3n) is 1.76. The Kier molecular flexibility index (Phi) is 7.08. The van der Waals surface area contributed by atoms with E-state index < -0.39 is 0 Å². The number of hydrogen-bond acceptors (Lipinski definition) is 2. The molecule has 0 atom stereocenters. The van der Waals surface area contributed by atoms with Crippen molar-refractivity contribution >= 4 is 45.5 Å². The van der Waals surface area contributed by atoms with E-state index in [9.17, 15) is 0 Å². The topological polar surface area (TPSA) is 29.5 Å². The van der Waals surface area contributed by atoms with Crippen LogP contribution in [0.2, 0.25) is 0 Å². The minimum atomic E-state index is 0. The number of halogens is 1. The zero-order valence-corrected chi connectivity index (χ0v) is 12.4. The van der Waals surface area contributed by atoms with Crippen LogP contribution in [-0.2, 0) is 0 Å². The summed E-state index contributed by atoms with van der Waals surface area (Å²) in [6.45, 7) is 4.38. The Bertz CT molecular complexity index is 279. The summed E-state index contributed by atoms with van der Waals surface area (Å²) in [7, 11) is 0. The number of ether oxygens (including phenoxy) is 1. The van der Waals surface area contributed by atoms with E-state index in [1.54, 1.807) is 0 Å². The molecule has 73 valence electrons. The van der Waals surface area contributed by atoms with Crippen molar-refractivity contribution < 1.29 is 9.84 Å². The molecule has 0 unspecified atom stereocenters. The van der Waals surface area contributed by atoms with E-state index in [-0.39, 0.29) is 36.2 Å². The molecule has 0 aliphatic carbocycles. The van der Waals surface area contributed by atoms with Gasteiger partial charge < -0.3 is 9.84 Å². The minimum Gasteiger partial charge on any atom is -0.491 e. The molecule has 1 aromatic rings. The predicted molar refractivity (Wildman–Crippen MR) is 62.0 cm³/mol. The van der Waals surface area contributed by atoms with Crippen LogP contribution in [0.5, 0.6) is 5.75 Å². The van der Waals surface area contributed by atoms with Gasteiger partial charge in [0.25, 0.3) is 0 Å². The molecule has 0 spiro atoms. The monoisotopic (exact) mass is 267 g/mol. The minimum absolute atomic E-state index is 0. The van der Waals surface area contributed by atoms with Crippen LogP contribution in [0.4, 0.5) is 0 Å². The number of aryl methyl sites for hydroxylation is 2. The average molecular weight is 268 g/mol. The first kappa shape index (κ1) is 14.5. The molecule has 0 heterocycles. The van der Waals surface area contributed by atoms with Crippen LogP contribution >= 0.6 is 15.9 Å². The quantitative estimate of drug-likeness (QED) is 0.850. The first-order valence-corrected chi connectivity index (χ1v) is 4.95. The van der Waals surface area contributed by atoms with Crippen molar-refractivity contribution in [1.29, 1.82) is 0 Å². The zero-order chi connectivity index (χ0) is 9.84. The number of rotatable bonds is 3. The Morgan fingerprint density at radius 2 is 1.79 bits per heavy atom. The zero-order valence-electron chi connectivity index (χ0n) is 8.80. The maximum Gasteiger partial charge on any atom is 0.125 e. The van der Waals surface area contributed by atoms with Crippen LogP contribution in [-0.4, -0.2) is 47.9 Å². The first-order valence-electron chi connectivity index (χ1n) is 4.15. The fourth-order valence-corrected chi connectivity index (χ4v) is 1.96. The Balaban J connectivity index is 0.00000169. The van der Waals surface area contributed by atoms with Gasteiger partial charge in [-0.2, -0.15) is 0 Å². The van der Waals surface area contributed by atoms with E-state index in [1.165, 1.54) is 0 Å². The van der Waals surface area contributed by atoms with E-state index in [4.69, 9.17) is 9.84 Å². The van der Waals surface area contributed by atoms with Crippen molar-refractivity contribution in [3.05, 3.63) is 27.7 Å². The van der Waals surface area contributed by atoms with Gasteiger partial charge in [-0.05, 0) is 37.1 Å². The molecule has 0 amide bonds. The van der Waals surface area contributed by atoms with E-state index in [0.717, 1.165) is 21.3 Å². The van der Waals surface area contributed by atoms with E-state index in [2.05, 4.69) is 15.9 Å². The van der Waals surface area contributed by atoms with Crippen molar-refractivity contribution in [2.45, 2.75) is 13.8 Å². The van der Waals surface area contributed by atoms with Gasteiger partial charge in [-0.25, -0.2) is 0 Å². The van der Waals surface area contributed by atoms with Crippen molar-refractivity contribution in [3.63, 3.8) is 0 Å². The van der Waals surface area contributed by atoms with Crippen LogP contribution in [0.3, 0.4) is 0 Å². The van der Waals surface area contributed by atoms with E-state index in [1.807, 2.05) is 26.0 Å². The molecule has 1 rings (SSSR count). The molecule has 0 aromatic heterocycles. The first-order chi connectivity index (χ1) is 6.15. The second-order valence-electron chi connectivity index (χ2n) is 2.94.